The van der Waals surface area contributed by atoms with E-state index in [0.29, 0.717) is 13.1 Å². The monoisotopic (exact) mass is 479 g/mol. The van der Waals surface area contributed by atoms with Gasteiger partial charge >= 0.3 is 5.88 Å². The van der Waals surface area contributed by atoms with Crippen LogP contribution in [-0.2, 0) is 0 Å². The number of rotatable bonds is 6. The molecule has 3 aromatic rings. The highest BCUT2D eigenvalue weighted by molar-refractivity contribution is 9.10. The summed E-state index contributed by atoms with van der Waals surface area (Å²) in [4.78, 5) is 31.2. The highest BCUT2D eigenvalue weighted by Crippen LogP contribution is 2.31. The van der Waals surface area contributed by atoms with Crippen LogP contribution in [0, 0.1) is 10.1 Å². The van der Waals surface area contributed by atoms with Crippen LogP contribution in [0.1, 0.15) is 10.6 Å². The number of nitrogens with zero attached hydrogens (tertiary/aromatic N) is 4. The van der Waals surface area contributed by atoms with E-state index < -0.39 is 16.7 Å². The third-order valence-corrected chi connectivity index (χ3v) is 6.26. The van der Waals surface area contributed by atoms with Gasteiger partial charge in [0.15, 0.2) is 10.9 Å². The minimum Gasteiger partial charge on any atom is -0.395 e. The molecule has 0 atom stereocenters. The fraction of sp³-hybridized carbons (Fsp3) is 0.333. The SMILES string of the molecule is O=C(NCCN1CCN(c2nc3ccc(Br)cc3s2)CC1)c1ccc([N+](=O)[O-])o1. The zero-order chi connectivity index (χ0) is 20.4. The smallest absolute Gasteiger partial charge is 0.395 e. The van der Waals surface area contributed by atoms with Crippen LogP contribution in [0.2, 0.25) is 0 Å². The van der Waals surface area contributed by atoms with Crippen LogP contribution in [0.25, 0.3) is 10.2 Å². The Labute approximate surface area is 178 Å². The molecule has 29 heavy (non-hydrogen) atoms. The van der Waals surface area contributed by atoms with Crippen molar-refractivity contribution >= 4 is 54.4 Å². The number of halogens is 1. The summed E-state index contributed by atoms with van der Waals surface area (Å²) in [6.45, 7) is 4.65. The van der Waals surface area contributed by atoms with Crippen molar-refractivity contribution in [2.45, 2.75) is 0 Å². The van der Waals surface area contributed by atoms with Gasteiger partial charge in [-0.25, -0.2) is 4.98 Å². The Hall–Kier alpha value is -2.50. The van der Waals surface area contributed by atoms with E-state index in [9.17, 15) is 14.9 Å². The van der Waals surface area contributed by atoms with E-state index in [1.165, 1.54) is 12.1 Å². The summed E-state index contributed by atoms with van der Waals surface area (Å²) in [6, 6.07) is 8.59. The molecule has 1 amide bonds. The number of nitro groups is 1. The number of thiazole rings is 1. The summed E-state index contributed by atoms with van der Waals surface area (Å²) >= 11 is 5.19. The second kappa shape index (κ2) is 8.47. The Balaban J connectivity index is 1.24. The molecule has 1 aliphatic heterocycles. The fourth-order valence-corrected chi connectivity index (χ4v) is 4.72. The lowest BCUT2D eigenvalue weighted by Gasteiger charge is -2.34. The third-order valence-electron chi connectivity index (χ3n) is 4.69. The van der Waals surface area contributed by atoms with Gasteiger partial charge in [-0.2, -0.15) is 0 Å². The number of carbonyl (C=O) groups excluding carboxylic acids is 1. The van der Waals surface area contributed by atoms with Gasteiger partial charge in [0.1, 0.15) is 4.92 Å². The van der Waals surface area contributed by atoms with Crippen molar-refractivity contribution in [3.05, 3.63) is 50.7 Å². The van der Waals surface area contributed by atoms with Gasteiger partial charge in [-0.1, -0.05) is 27.3 Å². The predicted molar refractivity (Wildman–Crippen MR) is 114 cm³/mol. The maximum atomic E-state index is 12.0. The minimum absolute atomic E-state index is 0.0519. The van der Waals surface area contributed by atoms with E-state index in [2.05, 4.69) is 37.1 Å². The van der Waals surface area contributed by atoms with Gasteiger partial charge in [0.2, 0.25) is 0 Å². The third kappa shape index (κ3) is 4.57. The lowest BCUT2D eigenvalue weighted by Crippen LogP contribution is -2.48. The number of nitrogens with one attached hydrogen (secondary N) is 1. The van der Waals surface area contributed by atoms with Crippen LogP contribution in [0.5, 0.6) is 0 Å². The van der Waals surface area contributed by atoms with Gasteiger partial charge in [-0.3, -0.25) is 19.8 Å². The van der Waals surface area contributed by atoms with E-state index in [-0.39, 0.29) is 5.76 Å². The summed E-state index contributed by atoms with van der Waals surface area (Å²) in [5, 5.41) is 14.4. The van der Waals surface area contributed by atoms with Crippen LogP contribution in [0.4, 0.5) is 11.0 Å². The molecule has 0 unspecified atom stereocenters. The van der Waals surface area contributed by atoms with Gasteiger partial charge in [0, 0.05) is 43.7 Å². The fourth-order valence-electron chi connectivity index (χ4n) is 3.15. The van der Waals surface area contributed by atoms with Crippen LogP contribution in [-0.4, -0.2) is 60.0 Å². The Morgan fingerprint density at radius 2 is 2.07 bits per heavy atom. The molecule has 2 aromatic heterocycles. The normalized spacial score (nSPS) is 15.0. The lowest BCUT2D eigenvalue weighted by molar-refractivity contribution is -0.402. The lowest BCUT2D eigenvalue weighted by atomic mass is 10.3. The maximum absolute atomic E-state index is 12.0. The number of benzene rings is 1. The molecule has 0 bridgehead atoms. The second-order valence-corrected chi connectivity index (χ2v) is 8.51. The molecule has 11 heteroatoms. The van der Waals surface area contributed by atoms with Crippen molar-refractivity contribution in [3.8, 4) is 0 Å². The van der Waals surface area contributed by atoms with Crippen LogP contribution in [0.3, 0.4) is 0 Å². The molecule has 0 saturated carbocycles. The summed E-state index contributed by atoms with van der Waals surface area (Å²) < 4.78 is 7.12. The number of hydrogen-bond acceptors (Lipinski definition) is 8. The summed E-state index contributed by atoms with van der Waals surface area (Å²) in [5.41, 5.74) is 1.01. The van der Waals surface area contributed by atoms with Crippen LogP contribution in [0.15, 0.2) is 39.2 Å². The quantitative estimate of drug-likeness (QED) is 0.427. The molecule has 1 aromatic carbocycles. The number of anilines is 1. The predicted octanol–water partition coefficient (Wildman–Crippen LogP) is 3.11. The van der Waals surface area contributed by atoms with Gasteiger partial charge in [-0.15, -0.1) is 0 Å². The number of aromatic nitrogens is 1. The van der Waals surface area contributed by atoms with Gasteiger partial charge in [0.05, 0.1) is 16.3 Å². The van der Waals surface area contributed by atoms with E-state index in [4.69, 9.17) is 9.40 Å². The van der Waals surface area contributed by atoms with Crippen molar-refractivity contribution in [2.75, 3.05) is 44.2 Å². The number of fused-ring (bicyclic) bond motifs is 1. The van der Waals surface area contributed by atoms with E-state index in [1.54, 1.807) is 11.3 Å². The van der Waals surface area contributed by atoms with Crippen molar-refractivity contribution < 1.29 is 14.1 Å². The summed E-state index contributed by atoms with van der Waals surface area (Å²) in [5.74, 6) is -0.935. The Morgan fingerprint density at radius 1 is 1.28 bits per heavy atom. The first-order valence-electron chi connectivity index (χ1n) is 9.05. The highest BCUT2D eigenvalue weighted by Gasteiger charge is 2.21. The molecule has 1 aliphatic rings. The second-order valence-electron chi connectivity index (χ2n) is 6.59. The Kier molecular flexibility index (Phi) is 5.79. The van der Waals surface area contributed by atoms with Crippen LogP contribution >= 0.6 is 27.3 Å². The molecule has 0 radical (unpaired) electrons. The molecule has 0 aliphatic carbocycles. The Morgan fingerprint density at radius 3 is 2.79 bits per heavy atom. The van der Waals surface area contributed by atoms with Crippen molar-refractivity contribution in [1.29, 1.82) is 0 Å². The minimum atomic E-state index is -0.666. The standard InChI is InChI=1S/C18H18BrN5O4S/c19-12-1-2-13-15(11-12)29-18(21-13)23-9-7-22(8-10-23)6-5-20-17(25)14-3-4-16(28-14)24(26)27/h1-4,11H,5-10H2,(H,20,25). The molecule has 9 nitrogen and oxygen atoms in total. The van der Waals surface area contributed by atoms with Gasteiger partial charge in [0.25, 0.3) is 5.91 Å². The Bertz CT molecular complexity index is 1040. The van der Waals surface area contributed by atoms with Crippen LogP contribution < -0.4 is 10.2 Å². The number of amides is 1. The molecule has 1 saturated heterocycles. The van der Waals surface area contributed by atoms with E-state index in [1.807, 2.05) is 12.1 Å². The molecular formula is C18H18BrN5O4S. The molecule has 4 rings (SSSR count). The summed E-state index contributed by atoms with van der Waals surface area (Å²) in [7, 11) is 0. The number of piperazine rings is 1. The average molecular weight is 480 g/mol. The first-order chi connectivity index (χ1) is 14.0. The molecule has 152 valence electrons. The van der Waals surface area contributed by atoms with Crippen molar-refractivity contribution in [1.82, 2.24) is 15.2 Å². The highest BCUT2D eigenvalue weighted by atomic mass is 79.9. The van der Waals surface area contributed by atoms with E-state index >= 15 is 0 Å². The molecule has 1 N–H and O–H groups in total. The zero-order valence-electron chi connectivity index (χ0n) is 15.3. The number of hydrogen-bond donors (Lipinski definition) is 1. The average Bonchev–Trinajstić information content (AvgIpc) is 3.35. The van der Waals surface area contributed by atoms with E-state index in [0.717, 1.165) is 46.0 Å². The molecule has 1 fully saturated rings. The molecule has 0 spiro atoms. The molecule has 3 heterocycles. The zero-order valence-corrected chi connectivity index (χ0v) is 17.7. The largest absolute Gasteiger partial charge is 0.433 e. The van der Waals surface area contributed by atoms with Gasteiger partial charge < -0.3 is 14.6 Å². The summed E-state index contributed by atoms with van der Waals surface area (Å²) in [6.07, 6.45) is 0. The van der Waals surface area contributed by atoms with Crippen molar-refractivity contribution in [2.24, 2.45) is 0 Å². The topological polar surface area (TPSA) is 105 Å². The first-order valence-corrected chi connectivity index (χ1v) is 10.7. The number of furan rings is 1. The van der Waals surface area contributed by atoms with Gasteiger partial charge in [-0.05, 0) is 24.3 Å². The first kappa shape index (κ1) is 19.8. The maximum Gasteiger partial charge on any atom is 0.433 e. The molecular weight excluding hydrogens is 462 g/mol. The van der Waals surface area contributed by atoms with Crippen molar-refractivity contribution in [3.63, 3.8) is 0 Å². The number of carbonyl (C=O) groups is 1.